The average Bonchev–Trinajstić information content (AvgIpc) is 2.64. The summed E-state index contributed by atoms with van der Waals surface area (Å²) in [5.74, 6) is 0.780. The van der Waals surface area contributed by atoms with Gasteiger partial charge in [0.1, 0.15) is 5.82 Å². The minimum atomic E-state index is -0.0579. The summed E-state index contributed by atoms with van der Waals surface area (Å²) in [7, 11) is 0. The molecule has 2 heterocycles. The van der Waals surface area contributed by atoms with Crippen molar-refractivity contribution in [3.05, 3.63) is 58.7 Å². The molecule has 0 radical (unpaired) electrons. The highest BCUT2D eigenvalue weighted by molar-refractivity contribution is 5.74. The van der Waals surface area contributed by atoms with Gasteiger partial charge in [0.25, 0.3) is 0 Å². The van der Waals surface area contributed by atoms with E-state index in [9.17, 15) is 4.79 Å². The molecule has 2 aromatic rings. The van der Waals surface area contributed by atoms with Gasteiger partial charge in [0, 0.05) is 37.9 Å². The van der Waals surface area contributed by atoms with Gasteiger partial charge in [-0.15, -0.1) is 0 Å². The SMILES string of the molecule is CCOCc1ccccc1CNC(=O)N1CCc2nc(C)ncc2C1. The van der Waals surface area contributed by atoms with Crippen LogP contribution in [0.4, 0.5) is 4.79 Å². The van der Waals surface area contributed by atoms with E-state index in [-0.39, 0.29) is 6.03 Å². The summed E-state index contributed by atoms with van der Waals surface area (Å²) < 4.78 is 5.50. The van der Waals surface area contributed by atoms with E-state index in [1.165, 1.54) is 0 Å². The monoisotopic (exact) mass is 340 g/mol. The van der Waals surface area contributed by atoms with Crippen molar-refractivity contribution in [1.29, 1.82) is 0 Å². The smallest absolute Gasteiger partial charge is 0.317 e. The van der Waals surface area contributed by atoms with Crippen molar-refractivity contribution in [3.8, 4) is 0 Å². The molecule has 6 heteroatoms. The molecule has 3 rings (SSSR count). The van der Waals surface area contributed by atoms with E-state index in [0.717, 1.165) is 34.6 Å². The summed E-state index contributed by atoms with van der Waals surface area (Å²) >= 11 is 0. The number of rotatable bonds is 5. The standard InChI is InChI=1S/C19H24N4O2/c1-3-25-13-16-7-5-4-6-15(16)10-21-19(24)23-9-8-18-17(12-23)11-20-14(2)22-18/h4-7,11H,3,8-10,12-13H2,1-2H3,(H,21,24). The second-order valence-electron chi connectivity index (χ2n) is 6.13. The Labute approximate surface area is 148 Å². The number of carbonyl (C=O) groups is 1. The minimum absolute atomic E-state index is 0.0579. The van der Waals surface area contributed by atoms with Crippen LogP contribution in [0.3, 0.4) is 0 Å². The maximum absolute atomic E-state index is 12.5. The van der Waals surface area contributed by atoms with Crippen LogP contribution in [0.2, 0.25) is 0 Å². The largest absolute Gasteiger partial charge is 0.377 e. The van der Waals surface area contributed by atoms with E-state index in [4.69, 9.17) is 4.74 Å². The summed E-state index contributed by atoms with van der Waals surface area (Å²) in [6, 6.07) is 7.97. The Balaban J connectivity index is 1.59. The Bertz CT molecular complexity index is 748. The fourth-order valence-electron chi connectivity index (χ4n) is 2.95. The number of amides is 2. The van der Waals surface area contributed by atoms with Crippen molar-refractivity contribution in [1.82, 2.24) is 20.2 Å². The minimum Gasteiger partial charge on any atom is -0.377 e. The molecular formula is C19H24N4O2. The molecule has 1 aliphatic heterocycles. The molecule has 0 unspecified atom stereocenters. The molecule has 0 fully saturated rings. The van der Waals surface area contributed by atoms with Gasteiger partial charge in [0.2, 0.25) is 0 Å². The first-order chi connectivity index (χ1) is 12.2. The quantitative estimate of drug-likeness (QED) is 0.908. The molecule has 0 atom stereocenters. The van der Waals surface area contributed by atoms with Crippen LogP contribution in [0, 0.1) is 6.92 Å². The van der Waals surface area contributed by atoms with Crippen molar-refractivity contribution >= 4 is 6.03 Å². The van der Waals surface area contributed by atoms with E-state index in [0.29, 0.717) is 32.8 Å². The Hall–Kier alpha value is -2.47. The molecule has 0 bridgehead atoms. The predicted molar refractivity (Wildman–Crippen MR) is 94.9 cm³/mol. The lowest BCUT2D eigenvalue weighted by atomic mass is 10.1. The maximum atomic E-state index is 12.5. The molecule has 6 nitrogen and oxygen atoms in total. The summed E-state index contributed by atoms with van der Waals surface area (Å²) in [6.45, 7) is 6.84. The molecule has 25 heavy (non-hydrogen) atoms. The van der Waals surface area contributed by atoms with Crippen molar-refractivity contribution in [2.45, 2.75) is 40.0 Å². The van der Waals surface area contributed by atoms with Gasteiger partial charge in [-0.05, 0) is 25.0 Å². The number of fused-ring (bicyclic) bond motifs is 1. The van der Waals surface area contributed by atoms with E-state index < -0.39 is 0 Å². The number of urea groups is 1. The van der Waals surface area contributed by atoms with Crippen molar-refractivity contribution in [2.24, 2.45) is 0 Å². The zero-order valence-corrected chi connectivity index (χ0v) is 14.8. The number of hydrogen-bond donors (Lipinski definition) is 1. The van der Waals surface area contributed by atoms with Gasteiger partial charge in [-0.2, -0.15) is 0 Å². The third-order valence-electron chi connectivity index (χ3n) is 4.35. The first kappa shape index (κ1) is 17.4. The summed E-state index contributed by atoms with van der Waals surface area (Å²) in [5, 5.41) is 3.02. The fourth-order valence-corrected chi connectivity index (χ4v) is 2.95. The van der Waals surface area contributed by atoms with E-state index in [1.807, 2.05) is 49.2 Å². The van der Waals surface area contributed by atoms with Gasteiger partial charge >= 0.3 is 6.03 Å². The lowest BCUT2D eigenvalue weighted by Crippen LogP contribution is -2.42. The number of nitrogens with zero attached hydrogens (tertiary/aromatic N) is 3. The lowest BCUT2D eigenvalue weighted by Gasteiger charge is -2.28. The second kappa shape index (κ2) is 8.07. The Kier molecular flexibility index (Phi) is 5.60. The van der Waals surface area contributed by atoms with Crippen LogP contribution < -0.4 is 5.32 Å². The normalized spacial score (nSPS) is 13.4. The van der Waals surface area contributed by atoms with Gasteiger partial charge in [0.05, 0.1) is 18.8 Å². The third kappa shape index (κ3) is 4.33. The van der Waals surface area contributed by atoms with Gasteiger partial charge in [0.15, 0.2) is 0 Å². The second-order valence-corrected chi connectivity index (χ2v) is 6.13. The first-order valence-electron chi connectivity index (χ1n) is 8.66. The van der Waals surface area contributed by atoms with E-state index in [1.54, 1.807) is 0 Å². The summed E-state index contributed by atoms with van der Waals surface area (Å²) in [6.07, 6.45) is 2.60. The number of carbonyl (C=O) groups excluding carboxylic acids is 1. The van der Waals surface area contributed by atoms with Crippen LogP contribution in [0.5, 0.6) is 0 Å². The number of aryl methyl sites for hydroxylation is 1. The summed E-state index contributed by atoms with van der Waals surface area (Å²) in [4.78, 5) is 23.0. The molecule has 1 N–H and O–H groups in total. The molecule has 132 valence electrons. The molecule has 0 aliphatic carbocycles. The molecule has 1 aromatic heterocycles. The van der Waals surface area contributed by atoms with Crippen LogP contribution >= 0.6 is 0 Å². The highest BCUT2D eigenvalue weighted by atomic mass is 16.5. The predicted octanol–water partition coefficient (Wildman–Crippen LogP) is 2.59. The van der Waals surface area contributed by atoms with E-state index >= 15 is 0 Å². The zero-order valence-electron chi connectivity index (χ0n) is 14.8. The maximum Gasteiger partial charge on any atom is 0.317 e. The average molecular weight is 340 g/mol. The third-order valence-corrected chi connectivity index (χ3v) is 4.35. The highest BCUT2D eigenvalue weighted by Gasteiger charge is 2.21. The van der Waals surface area contributed by atoms with Gasteiger partial charge in [-0.3, -0.25) is 0 Å². The molecule has 0 saturated carbocycles. The van der Waals surface area contributed by atoms with E-state index in [2.05, 4.69) is 15.3 Å². The lowest BCUT2D eigenvalue weighted by molar-refractivity contribution is 0.133. The number of ether oxygens (including phenoxy) is 1. The molecule has 1 aromatic carbocycles. The van der Waals surface area contributed by atoms with Crippen molar-refractivity contribution < 1.29 is 9.53 Å². The molecule has 1 aliphatic rings. The fraction of sp³-hybridized carbons (Fsp3) is 0.421. The number of hydrogen-bond acceptors (Lipinski definition) is 4. The molecular weight excluding hydrogens is 316 g/mol. The topological polar surface area (TPSA) is 67.3 Å². The summed E-state index contributed by atoms with van der Waals surface area (Å²) in [5.41, 5.74) is 4.28. The highest BCUT2D eigenvalue weighted by Crippen LogP contribution is 2.17. The van der Waals surface area contributed by atoms with Crippen LogP contribution in [0.25, 0.3) is 0 Å². The van der Waals surface area contributed by atoms with Gasteiger partial charge in [-0.25, -0.2) is 14.8 Å². The zero-order chi connectivity index (χ0) is 17.6. The number of aromatic nitrogens is 2. The number of benzene rings is 1. The van der Waals surface area contributed by atoms with Crippen LogP contribution in [0.15, 0.2) is 30.5 Å². The Morgan fingerprint density at radius 2 is 2.12 bits per heavy atom. The van der Waals surface area contributed by atoms with Crippen LogP contribution in [-0.2, 0) is 30.9 Å². The van der Waals surface area contributed by atoms with Crippen molar-refractivity contribution in [2.75, 3.05) is 13.2 Å². The molecule has 2 amide bonds. The van der Waals surface area contributed by atoms with Crippen LogP contribution in [-0.4, -0.2) is 34.1 Å². The van der Waals surface area contributed by atoms with Gasteiger partial charge in [-0.1, -0.05) is 24.3 Å². The molecule has 0 spiro atoms. The number of nitrogens with one attached hydrogen (secondary N) is 1. The Morgan fingerprint density at radius 1 is 1.32 bits per heavy atom. The Morgan fingerprint density at radius 3 is 2.92 bits per heavy atom. The van der Waals surface area contributed by atoms with Crippen molar-refractivity contribution in [3.63, 3.8) is 0 Å². The van der Waals surface area contributed by atoms with Crippen LogP contribution in [0.1, 0.15) is 35.1 Å². The van der Waals surface area contributed by atoms with Gasteiger partial charge < -0.3 is 15.0 Å². The molecule has 0 saturated heterocycles. The first-order valence-corrected chi connectivity index (χ1v) is 8.66.